The van der Waals surface area contributed by atoms with Crippen LogP contribution in [0.4, 0.5) is 5.69 Å². The smallest absolute Gasteiger partial charge is 0.0340 e. The van der Waals surface area contributed by atoms with Crippen LogP contribution in [0.15, 0.2) is 24.3 Å². The van der Waals surface area contributed by atoms with E-state index < -0.39 is 0 Å². The molecule has 16 heavy (non-hydrogen) atoms. The van der Waals surface area contributed by atoms with E-state index in [1.54, 1.807) is 0 Å². The second-order valence-electron chi connectivity index (χ2n) is 4.20. The van der Waals surface area contributed by atoms with Crippen molar-refractivity contribution < 1.29 is 0 Å². The van der Waals surface area contributed by atoms with Gasteiger partial charge in [0.25, 0.3) is 0 Å². The molecule has 1 aromatic rings. The summed E-state index contributed by atoms with van der Waals surface area (Å²) in [7, 11) is 0. The minimum atomic E-state index is 0.695. The van der Waals surface area contributed by atoms with Crippen molar-refractivity contribution in [1.29, 1.82) is 0 Å². The molecule has 0 heterocycles. The second-order valence-corrected chi connectivity index (χ2v) is 4.58. The van der Waals surface area contributed by atoms with Gasteiger partial charge in [0.05, 0.1) is 0 Å². The van der Waals surface area contributed by atoms with Crippen LogP contribution in [0.1, 0.15) is 32.3 Å². The molecule has 1 rings (SSSR count). The van der Waals surface area contributed by atoms with Gasteiger partial charge in [-0.3, -0.25) is 0 Å². The molecule has 0 fully saturated rings. The van der Waals surface area contributed by atoms with Crippen LogP contribution in [0.5, 0.6) is 0 Å². The van der Waals surface area contributed by atoms with Crippen molar-refractivity contribution >= 4 is 17.3 Å². The molecular weight excluding hydrogens is 218 g/mol. The molecule has 0 amide bonds. The summed E-state index contributed by atoms with van der Waals surface area (Å²) < 4.78 is 0. The van der Waals surface area contributed by atoms with E-state index in [4.69, 9.17) is 11.6 Å². The van der Waals surface area contributed by atoms with E-state index in [9.17, 15) is 0 Å². The molecule has 0 saturated carbocycles. The molecule has 1 nitrogen and oxygen atoms in total. The maximum atomic E-state index is 5.70. The van der Waals surface area contributed by atoms with E-state index in [2.05, 4.69) is 43.4 Å². The fourth-order valence-electron chi connectivity index (χ4n) is 1.74. The molecule has 0 saturated heterocycles. The molecule has 0 aliphatic heterocycles. The Morgan fingerprint density at radius 3 is 2.25 bits per heavy atom. The van der Waals surface area contributed by atoms with Crippen molar-refractivity contribution in [2.24, 2.45) is 5.92 Å². The van der Waals surface area contributed by atoms with Crippen molar-refractivity contribution in [1.82, 2.24) is 0 Å². The standard InChI is InChI=1S/C14H22ClN/c1-3-12(4-2)11-16-14-7-5-13(6-8-14)9-10-15/h5-8,12,16H,3-4,9-11H2,1-2H3. The Labute approximate surface area is 104 Å². The molecule has 0 bridgehead atoms. The number of halogens is 1. The Balaban J connectivity index is 2.42. The van der Waals surface area contributed by atoms with Gasteiger partial charge < -0.3 is 5.32 Å². The second kappa shape index (κ2) is 7.56. The summed E-state index contributed by atoms with van der Waals surface area (Å²) in [6.07, 6.45) is 3.44. The summed E-state index contributed by atoms with van der Waals surface area (Å²) >= 11 is 5.70. The first-order chi connectivity index (χ1) is 7.80. The zero-order chi connectivity index (χ0) is 11.8. The largest absolute Gasteiger partial charge is 0.385 e. The molecule has 0 aliphatic rings. The van der Waals surface area contributed by atoms with E-state index >= 15 is 0 Å². The fourth-order valence-corrected chi connectivity index (χ4v) is 1.96. The molecule has 0 unspecified atom stereocenters. The summed E-state index contributed by atoms with van der Waals surface area (Å²) in [4.78, 5) is 0. The van der Waals surface area contributed by atoms with Gasteiger partial charge in [0.1, 0.15) is 0 Å². The number of alkyl halides is 1. The van der Waals surface area contributed by atoms with Crippen LogP contribution in [0.3, 0.4) is 0 Å². The van der Waals surface area contributed by atoms with Crippen LogP contribution in [0.2, 0.25) is 0 Å². The summed E-state index contributed by atoms with van der Waals surface area (Å²) in [5.74, 6) is 1.48. The quantitative estimate of drug-likeness (QED) is 0.699. The predicted octanol–water partition coefficient (Wildman–Crippen LogP) is 4.32. The molecule has 2 heteroatoms. The first-order valence-electron chi connectivity index (χ1n) is 6.18. The first kappa shape index (κ1) is 13.4. The molecular formula is C14H22ClN. The third-order valence-corrected chi connectivity index (χ3v) is 3.28. The van der Waals surface area contributed by atoms with Gasteiger partial charge in [-0.1, -0.05) is 38.8 Å². The molecule has 0 atom stereocenters. The van der Waals surface area contributed by atoms with Crippen molar-refractivity contribution in [2.75, 3.05) is 17.7 Å². The summed E-state index contributed by atoms with van der Waals surface area (Å²) in [5.41, 5.74) is 2.52. The lowest BCUT2D eigenvalue weighted by atomic mass is 10.0. The lowest BCUT2D eigenvalue weighted by Crippen LogP contribution is -2.12. The molecule has 0 aromatic heterocycles. The maximum absolute atomic E-state index is 5.70. The molecule has 0 spiro atoms. The van der Waals surface area contributed by atoms with Crippen LogP contribution < -0.4 is 5.32 Å². The highest BCUT2D eigenvalue weighted by molar-refractivity contribution is 6.17. The van der Waals surface area contributed by atoms with Crippen molar-refractivity contribution in [3.8, 4) is 0 Å². The SMILES string of the molecule is CCC(CC)CNc1ccc(CCCl)cc1. The van der Waals surface area contributed by atoms with Crippen molar-refractivity contribution in [3.05, 3.63) is 29.8 Å². The van der Waals surface area contributed by atoms with Crippen molar-refractivity contribution in [3.63, 3.8) is 0 Å². The van der Waals surface area contributed by atoms with Gasteiger partial charge in [0.15, 0.2) is 0 Å². The number of benzene rings is 1. The van der Waals surface area contributed by atoms with E-state index in [-0.39, 0.29) is 0 Å². The number of rotatable bonds is 7. The van der Waals surface area contributed by atoms with E-state index in [1.165, 1.54) is 24.1 Å². The Kier molecular flexibility index (Phi) is 6.32. The molecule has 0 aliphatic carbocycles. The molecule has 0 radical (unpaired) electrons. The van der Waals surface area contributed by atoms with Crippen LogP contribution in [-0.2, 0) is 6.42 Å². The average molecular weight is 240 g/mol. The van der Waals surface area contributed by atoms with Gasteiger partial charge in [-0.05, 0) is 30.0 Å². The first-order valence-corrected chi connectivity index (χ1v) is 6.72. The lowest BCUT2D eigenvalue weighted by Gasteiger charge is -2.14. The van der Waals surface area contributed by atoms with Crippen LogP contribution in [0.25, 0.3) is 0 Å². The van der Waals surface area contributed by atoms with Gasteiger partial charge in [0.2, 0.25) is 0 Å². The predicted molar refractivity (Wildman–Crippen MR) is 73.4 cm³/mol. The van der Waals surface area contributed by atoms with Crippen LogP contribution in [0, 0.1) is 5.92 Å². The molecule has 1 N–H and O–H groups in total. The number of anilines is 1. The van der Waals surface area contributed by atoms with Crippen molar-refractivity contribution in [2.45, 2.75) is 33.1 Å². The summed E-state index contributed by atoms with van der Waals surface area (Å²) in [6.45, 7) is 5.57. The Morgan fingerprint density at radius 2 is 1.75 bits per heavy atom. The van der Waals surface area contributed by atoms with Gasteiger partial charge in [-0.2, -0.15) is 0 Å². The Morgan fingerprint density at radius 1 is 1.12 bits per heavy atom. The topological polar surface area (TPSA) is 12.0 Å². The zero-order valence-corrected chi connectivity index (χ0v) is 11.1. The average Bonchev–Trinajstić information content (AvgIpc) is 2.33. The van der Waals surface area contributed by atoms with E-state index in [1.807, 2.05) is 0 Å². The van der Waals surface area contributed by atoms with E-state index in [0.29, 0.717) is 5.88 Å². The maximum Gasteiger partial charge on any atom is 0.0340 e. The van der Waals surface area contributed by atoms with Gasteiger partial charge in [0, 0.05) is 18.1 Å². The van der Waals surface area contributed by atoms with Crippen LogP contribution in [-0.4, -0.2) is 12.4 Å². The lowest BCUT2D eigenvalue weighted by molar-refractivity contribution is 0.519. The minimum absolute atomic E-state index is 0.695. The summed E-state index contributed by atoms with van der Waals surface area (Å²) in [5, 5.41) is 3.48. The third kappa shape index (κ3) is 4.44. The number of hydrogen-bond donors (Lipinski definition) is 1. The highest BCUT2D eigenvalue weighted by Gasteiger charge is 2.02. The monoisotopic (exact) mass is 239 g/mol. The van der Waals surface area contributed by atoms with Gasteiger partial charge >= 0.3 is 0 Å². The number of hydrogen-bond acceptors (Lipinski definition) is 1. The normalized spacial score (nSPS) is 10.8. The molecule has 1 aromatic carbocycles. The fraction of sp³-hybridized carbons (Fsp3) is 0.571. The van der Waals surface area contributed by atoms with E-state index in [0.717, 1.165) is 18.9 Å². The molecule has 90 valence electrons. The third-order valence-electron chi connectivity index (χ3n) is 3.09. The van der Waals surface area contributed by atoms with Gasteiger partial charge in [-0.25, -0.2) is 0 Å². The number of nitrogens with one attached hydrogen (secondary N) is 1. The summed E-state index contributed by atoms with van der Waals surface area (Å²) in [6, 6.07) is 8.59. The Hall–Kier alpha value is -0.690. The van der Waals surface area contributed by atoms with Crippen LogP contribution >= 0.6 is 11.6 Å². The highest BCUT2D eigenvalue weighted by atomic mass is 35.5. The highest BCUT2D eigenvalue weighted by Crippen LogP contribution is 2.13. The van der Waals surface area contributed by atoms with Gasteiger partial charge in [-0.15, -0.1) is 11.6 Å². The zero-order valence-electron chi connectivity index (χ0n) is 10.3. The Bertz CT molecular complexity index is 277. The number of aryl methyl sites for hydroxylation is 1. The minimum Gasteiger partial charge on any atom is -0.385 e.